The Morgan fingerprint density at radius 2 is 2.00 bits per heavy atom. The van der Waals surface area contributed by atoms with E-state index in [1.165, 1.54) is 18.5 Å². The van der Waals surface area contributed by atoms with Crippen molar-refractivity contribution < 1.29 is 22.7 Å². The molecule has 140 valence electrons. The first-order chi connectivity index (χ1) is 12.3. The molecule has 10 heteroatoms. The van der Waals surface area contributed by atoms with Crippen LogP contribution >= 0.6 is 0 Å². The van der Waals surface area contributed by atoms with E-state index >= 15 is 0 Å². The summed E-state index contributed by atoms with van der Waals surface area (Å²) in [5.41, 5.74) is 1.32. The molecular formula is C16H18F3N5O2. The molecule has 2 heterocycles. The monoisotopic (exact) mass is 369 g/mol. The van der Waals surface area contributed by atoms with E-state index < -0.39 is 12.8 Å². The van der Waals surface area contributed by atoms with Gasteiger partial charge in [0.25, 0.3) is 0 Å². The van der Waals surface area contributed by atoms with Crippen molar-refractivity contribution in [1.29, 1.82) is 0 Å². The minimum atomic E-state index is -4.40. The number of rotatable bonds is 7. The van der Waals surface area contributed by atoms with Gasteiger partial charge in [-0.1, -0.05) is 13.0 Å². The molecule has 0 aliphatic carbocycles. The maximum atomic E-state index is 12.1. The van der Waals surface area contributed by atoms with E-state index in [-0.39, 0.29) is 11.8 Å². The number of hydrogen-bond acceptors (Lipinski definition) is 6. The highest BCUT2D eigenvalue weighted by Crippen LogP contribution is 2.18. The molecule has 0 saturated carbocycles. The first-order valence-corrected chi connectivity index (χ1v) is 7.78. The number of carbonyl (C=O) groups excluding carboxylic acids is 1. The van der Waals surface area contributed by atoms with Gasteiger partial charge < -0.3 is 15.4 Å². The number of alkyl halides is 3. The van der Waals surface area contributed by atoms with Crippen LogP contribution < -0.4 is 15.4 Å². The second-order valence-corrected chi connectivity index (χ2v) is 5.35. The summed E-state index contributed by atoms with van der Waals surface area (Å²) >= 11 is 0. The smallest absolute Gasteiger partial charge is 0.422 e. The summed E-state index contributed by atoms with van der Waals surface area (Å²) in [6.45, 7) is 2.44. The van der Waals surface area contributed by atoms with Crippen molar-refractivity contribution in [3.8, 4) is 5.88 Å². The Bertz CT molecular complexity index is 751. The van der Waals surface area contributed by atoms with Gasteiger partial charge in [-0.2, -0.15) is 13.2 Å². The molecule has 0 fully saturated rings. The summed E-state index contributed by atoms with van der Waals surface area (Å²) in [5.74, 6) is 0.640. The zero-order chi connectivity index (χ0) is 19.2. The van der Waals surface area contributed by atoms with Crippen LogP contribution in [0, 0.1) is 6.92 Å². The molecule has 2 N–H and O–H groups in total. The summed E-state index contributed by atoms with van der Waals surface area (Å²) in [5, 5.41) is 5.67. The second kappa shape index (κ2) is 8.45. The van der Waals surface area contributed by atoms with Gasteiger partial charge in [0.2, 0.25) is 11.8 Å². The second-order valence-electron chi connectivity index (χ2n) is 5.35. The van der Waals surface area contributed by atoms with Crippen LogP contribution in [0.3, 0.4) is 0 Å². The number of anilines is 2. The fourth-order valence-electron chi connectivity index (χ4n) is 1.89. The summed E-state index contributed by atoms with van der Waals surface area (Å²) in [6, 6.07) is 2.97. The van der Waals surface area contributed by atoms with Gasteiger partial charge in [-0.05, 0) is 12.5 Å². The predicted molar refractivity (Wildman–Crippen MR) is 88.8 cm³/mol. The van der Waals surface area contributed by atoms with E-state index in [1.54, 1.807) is 19.9 Å². The third kappa shape index (κ3) is 6.19. The van der Waals surface area contributed by atoms with Crippen LogP contribution in [0.5, 0.6) is 5.88 Å². The maximum Gasteiger partial charge on any atom is 0.422 e. The number of halogens is 3. The summed E-state index contributed by atoms with van der Waals surface area (Å²) in [4.78, 5) is 23.6. The van der Waals surface area contributed by atoms with Crippen LogP contribution in [0.15, 0.2) is 24.5 Å². The van der Waals surface area contributed by atoms with Crippen molar-refractivity contribution in [1.82, 2.24) is 15.0 Å². The van der Waals surface area contributed by atoms with Gasteiger partial charge in [-0.15, -0.1) is 0 Å². The van der Waals surface area contributed by atoms with Crippen molar-refractivity contribution in [3.05, 3.63) is 35.8 Å². The Hall–Kier alpha value is -2.91. The minimum absolute atomic E-state index is 0.0990. The van der Waals surface area contributed by atoms with Gasteiger partial charge in [-0.3, -0.25) is 4.79 Å². The van der Waals surface area contributed by atoms with E-state index in [1.807, 2.05) is 0 Å². The Kier molecular flexibility index (Phi) is 6.31. The number of ether oxygens (including phenoxy) is 1. The third-order valence-corrected chi connectivity index (χ3v) is 3.18. The molecule has 1 amide bonds. The molecule has 2 aromatic rings. The lowest BCUT2D eigenvalue weighted by Gasteiger charge is -2.11. The number of amides is 1. The van der Waals surface area contributed by atoms with Gasteiger partial charge in [0, 0.05) is 25.2 Å². The molecule has 0 aliphatic rings. The van der Waals surface area contributed by atoms with Gasteiger partial charge in [0.1, 0.15) is 5.82 Å². The molecule has 0 unspecified atom stereocenters. The number of carbonyl (C=O) groups is 1. The third-order valence-electron chi connectivity index (χ3n) is 3.18. The molecule has 0 atom stereocenters. The standard InChI is InChI=1S/C16H18F3N5O2/c1-3-13(25)24-12-8-22-15(10(2)23-12)21-7-11-4-5-14(20-6-11)26-9-16(17,18)19/h4-6,8H,3,7,9H2,1-2H3,(H,21,22)(H,23,24,25). The van der Waals surface area contributed by atoms with Gasteiger partial charge in [0.15, 0.2) is 12.4 Å². The van der Waals surface area contributed by atoms with Crippen LogP contribution in [0.4, 0.5) is 24.8 Å². The highest BCUT2D eigenvalue weighted by atomic mass is 19.4. The zero-order valence-electron chi connectivity index (χ0n) is 14.2. The van der Waals surface area contributed by atoms with Gasteiger partial charge in [0.05, 0.1) is 11.9 Å². The topological polar surface area (TPSA) is 89.0 Å². The number of hydrogen-bond donors (Lipinski definition) is 2. The van der Waals surface area contributed by atoms with Crippen LogP contribution in [0.1, 0.15) is 24.6 Å². The van der Waals surface area contributed by atoms with Crippen LogP contribution in [0.25, 0.3) is 0 Å². The maximum absolute atomic E-state index is 12.1. The largest absolute Gasteiger partial charge is 0.468 e. The molecule has 0 aromatic carbocycles. The molecule has 7 nitrogen and oxygen atoms in total. The first-order valence-electron chi connectivity index (χ1n) is 7.78. The van der Waals surface area contributed by atoms with E-state index in [2.05, 4.69) is 30.3 Å². The average molecular weight is 369 g/mol. The normalized spacial score (nSPS) is 11.1. The lowest BCUT2D eigenvalue weighted by atomic mass is 10.3. The number of pyridine rings is 1. The Labute approximate surface area is 148 Å². The Balaban J connectivity index is 1.91. The molecular weight excluding hydrogens is 351 g/mol. The minimum Gasteiger partial charge on any atom is -0.468 e. The summed E-state index contributed by atoms with van der Waals surface area (Å²) in [7, 11) is 0. The Morgan fingerprint density at radius 3 is 2.58 bits per heavy atom. The van der Waals surface area contributed by atoms with E-state index in [0.717, 1.165) is 5.56 Å². The fraction of sp³-hybridized carbons (Fsp3) is 0.375. The summed E-state index contributed by atoms with van der Waals surface area (Å²) in [6.07, 6.45) is -1.20. The zero-order valence-corrected chi connectivity index (χ0v) is 14.2. The highest BCUT2D eigenvalue weighted by molar-refractivity contribution is 5.89. The van der Waals surface area contributed by atoms with Crippen molar-refractivity contribution in [3.63, 3.8) is 0 Å². The van der Waals surface area contributed by atoms with E-state index in [0.29, 0.717) is 30.3 Å². The molecule has 2 rings (SSSR count). The molecule has 26 heavy (non-hydrogen) atoms. The molecule has 0 aliphatic heterocycles. The number of nitrogens with one attached hydrogen (secondary N) is 2. The van der Waals surface area contributed by atoms with Crippen LogP contribution in [-0.4, -0.2) is 33.6 Å². The number of nitrogens with zero attached hydrogens (tertiary/aromatic N) is 3. The van der Waals surface area contributed by atoms with Gasteiger partial charge in [-0.25, -0.2) is 15.0 Å². The van der Waals surface area contributed by atoms with Crippen molar-refractivity contribution in [2.45, 2.75) is 33.0 Å². The van der Waals surface area contributed by atoms with Crippen molar-refractivity contribution >= 4 is 17.5 Å². The first kappa shape index (κ1) is 19.4. The van der Waals surface area contributed by atoms with Gasteiger partial charge >= 0.3 is 6.18 Å². The number of aromatic nitrogens is 3. The van der Waals surface area contributed by atoms with Crippen molar-refractivity contribution in [2.24, 2.45) is 0 Å². The quantitative estimate of drug-likeness (QED) is 0.780. The molecule has 0 spiro atoms. The molecule has 0 saturated heterocycles. The summed E-state index contributed by atoms with van der Waals surface area (Å²) < 4.78 is 40.8. The predicted octanol–water partition coefficient (Wildman–Crippen LogP) is 3.08. The SMILES string of the molecule is CCC(=O)Nc1cnc(NCc2ccc(OCC(F)(F)F)nc2)c(C)n1. The van der Waals surface area contributed by atoms with Crippen LogP contribution in [-0.2, 0) is 11.3 Å². The van der Waals surface area contributed by atoms with Crippen LogP contribution in [0.2, 0.25) is 0 Å². The highest BCUT2D eigenvalue weighted by Gasteiger charge is 2.28. The average Bonchev–Trinajstić information content (AvgIpc) is 2.59. The van der Waals surface area contributed by atoms with E-state index in [9.17, 15) is 18.0 Å². The van der Waals surface area contributed by atoms with Crippen molar-refractivity contribution in [2.75, 3.05) is 17.2 Å². The molecule has 0 bridgehead atoms. The molecule has 2 aromatic heterocycles. The lowest BCUT2D eigenvalue weighted by Crippen LogP contribution is -2.19. The fourth-order valence-corrected chi connectivity index (χ4v) is 1.89. The Morgan fingerprint density at radius 1 is 1.23 bits per heavy atom. The lowest BCUT2D eigenvalue weighted by molar-refractivity contribution is -0.154. The number of aryl methyl sites for hydroxylation is 1. The molecule has 0 radical (unpaired) electrons. The van der Waals surface area contributed by atoms with E-state index in [4.69, 9.17) is 0 Å².